The fraction of sp³-hybridized carbons (Fsp3) is 0.375. The standard InChI is InChI=1S/C24H26N4O2/c25-12-20(28-24(30)22-17-5-7-19(11-17)27-22)9-14-1-3-15(4-2-14)16-6-8-21-18(10-16)13-26-23(21)29/h1-4,6,8,10,12,17,19-20,22,25,27H,5,7,9,11,13H2,(H,26,29)(H,28,30). The van der Waals surface area contributed by atoms with Crippen molar-refractivity contribution in [2.45, 2.75) is 50.4 Å². The summed E-state index contributed by atoms with van der Waals surface area (Å²) in [5, 5.41) is 17.0. The Bertz CT molecular complexity index is 1000. The molecule has 2 bridgehead atoms. The van der Waals surface area contributed by atoms with Gasteiger partial charge in [0.05, 0.1) is 12.1 Å². The zero-order valence-corrected chi connectivity index (χ0v) is 16.8. The molecular weight excluding hydrogens is 376 g/mol. The van der Waals surface area contributed by atoms with Gasteiger partial charge in [0, 0.05) is 24.4 Å². The summed E-state index contributed by atoms with van der Waals surface area (Å²) >= 11 is 0. The van der Waals surface area contributed by atoms with Crippen LogP contribution in [0.15, 0.2) is 42.5 Å². The highest BCUT2D eigenvalue weighted by Crippen LogP contribution is 2.35. The van der Waals surface area contributed by atoms with Crippen molar-refractivity contribution in [1.82, 2.24) is 16.0 Å². The maximum absolute atomic E-state index is 12.6. The molecule has 1 aliphatic carbocycles. The summed E-state index contributed by atoms with van der Waals surface area (Å²) in [5.41, 5.74) is 5.03. The van der Waals surface area contributed by atoms with Gasteiger partial charge < -0.3 is 21.4 Å². The molecule has 154 valence electrons. The molecule has 2 heterocycles. The molecule has 0 radical (unpaired) electrons. The monoisotopic (exact) mass is 402 g/mol. The number of carbonyl (C=O) groups is 2. The molecule has 2 aromatic carbocycles. The van der Waals surface area contributed by atoms with Crippen molar-refractivity contribution in [2.75, 3.05) is 0 Å². The van der Waals surface area contributed by atoms with E-state index in [1.807, 2.05) is 24.3 Å². The van der Waals surface area contributed by atoms with Crippen LogP contribution in [-0.2, 0) is 17.8 Å². The van der Waals surface area contributed by atoms with E-state index < -0.39 is 0 Å². The van der Waals surface area contributed by atoms with E-state index in [4.69, 9.17) is 5.41 Å². The minimum atomic E-state index is -0.304. The fourth-order valence-corrected chi connectivity index (χ4v) is 5.07. The molecule has 3 aliphatic rings. The third-order valence-corrected chi connectivity index (χ3v) is 6.70. The Hall–Kier alpha value is -2.99. The Morgan fingerprint density at radius 3 is 2.67 bits per heavy atom. The molecule has 4 atom stereocenters. The highest BCUT2D eigenvalue weighted by molar-refractivity contribution is 5.98. The average Bonchev–Trinajstić information content (AvgIpc) is 3.50. The Labute approximate surface area is 176 Å². The quantitative estimate of drug-likeness (QED) is 0.559. The van der Waals surface area contributed by atoms with E-state index in [0.29, 0.717) is 24.9 Å². The molecule has 0 spiro atoms. The first-order valence-corrected chi connectivity index (χ1v) is 10.7. The van der Waals surface area contributed by atoms with E-state index in [-0.39, 0.29) is 23.9 Å². The van der Waals surface area contributed by atoms with E-state index >= 15 is 0 Å². The third kappa shape index (κ3) is 3.52. The van der Waals surface area contributed by atoms with Crippen LogP contribution in [0.5, 0.6) is 0 Å². The summed E-state index contributed by atoms with van der Waals surface area (Å²) in [6.45, 7) is 0.582. The minimum Gasteiger partial charge on any atom is -0.348 e. The Balaban J connectivity index is 1.23. The lowest BCUT2D eigenvalue weighted by atomic mass is 9.97. The summed E-state index contributed by atoms with van der Waals surface area (Å²) in [6.07, 6.45) is 5.31. The topological polar surface area (TPSA) is 94.1 Å². The van der Waals surface area contributed by atoms with Crippen molar-refractivity contribution >= 4 is 18.0 Å². The molecule has 0 aromatic heterocycles. The highest BCUT2D eigenvalue weighted by atomic mass is 16.2. The predicted octanol–water partition coefficient (Wildman–Crippen LogP) is 2.41. The molecule has 2 aliphatic heterocycles. The van der Waals surface area contributed by atoms with Crippen LogP contribution in [0.25, 0.3) is 11.1 Å². The van der Waals surface area contributed by atoms with Crippen LogP contribution in [0, 0.1) is 11.3 Å². The molecule has 6 nitrogen and oxygen atoms in total. The van der Waals surface area contributed by atoms with E-state index in [1.54, 1.807) is 0 Å². The summed E-state index contributed by atoms with van der Waals surface area (Å²) in [6, 6.07) is 14.2. The lowest BCUT2D eigenvalue weighted by molar-refractivity contribution is -0.124. The number of carbonyl (C=O) groups excluding carboxylic acids is 2. The third-order valence-electron chi connectivity index (χ3n) is 6.70. The second-order valence-corrected chi connectivity index (χ2v) is 8.65. The number of amides is 2. The van der Waals surface area contributed by atoms with Crippen molar-refractivity contribution in [3.63, 3.8) is 0 Å². The lowest BCUT2D eigenvalue weighted by Gasteiger charge is -2.24. The largest absolute Gasteiger partial charge is 0.348 e. The second kappa shape index (κ2) is 7.69. The van der Waals surface area contributed by atoms with Crippen LogP contribution in [0.3, 0.4) is 0 Å². The zero-order valence-electron chi connectivity index (χ0n) is 16.8. The number of hydrogen-bond acceptors (Lipinski definition) is 4. The normalized spacial score (nSPS) is 24.9. The SMILES string of the molecule is N=CC(Cc1ccc(-c2ccc3c(c2)CNC3=O)cc1)NC(=O)C1NC2CCC1C2. The fourth-order valence-electron chi connectivity index (χ4n) is 5.07. The summed E-state index contributed by atoms with van der Waals surface area (Å²) in [7, 11) is 0. The van der Waals surface area contributed by atoms with E-state index in [0.717, 1.165) is 40.7 Å². The average molecular weight is 402 g/mol. The molecule has 2 aromatic rings. The molecular formula is C24H26N4O2. The summed E-state index contributed by atoms with van der Waals surface area (Å²) in [5.74, 6) is 0.458. The zero-order chi connectivity index (χ0) is 20.7. The number of nitrogens with one attached hydrogen (secondary N) is 4. The smallest absolute Gasteiger partial charge is 0.251 e. The van der Waals surface area contributed by atoms with E-state index in [1.165, 1.54) is 12.6 Å². The van der Waals surface area contributed by atoms with Crippen LogP contribution >= 0.6 is 0 Å². The molecule has 30 heavy (non-hydrogen) atoms. The van der Waals surface area contributed by atoms with Gasteiger partial charge in [-0.05, 0) is 66.0 Å². The van der Waals surface area contributed by atoms with Gasteiger partial charge in [-0.3, -0.25) is 9.59 Å². The molecule has 5 rings (SSSR count). The Morgan fingerprint density at radius 1 is 1.17 bits per heavy atom. The maximum atomic E-state index is 12.6. The van der Waals surface area contributed by atoms with Crippen LogP contribution in [0.2, 0.25) is 0 Å². The summed E-state index contributed by atoms with van der Waals surface area (Å²) in [4.78, 5) is 24.4. The predicted molar refractivity (Wildman–Crippen MR) is 116 cm³/mol. The molecule has 4 N–H and O–H groups in total. The minimum absolute atomic E-state index is 0.00716. The van der Waals surface area contributed by atoms with Crippen molar-refractivity contribution in [3.8, 4) is 11.1 Å². The summed E-state index contributed by atoms with van der Waals surface area (Å²) < 4.78 is 0. The number of benzene rings is 2. The maximum Gasteiger partial charge on any atom is 0.251 e. The van der Waals surface area contributed by atoms with Gasteiger partial charge in [0.25, 0.3) is 5.91 Å². The molecule has 1 saturated carbocycles. The van der Waals surface area contributed by atoms with Crippen molar-refractivity contribution in [3.05, 3.63) is 59.2 Å². The lowest BCUT2D eigenvalue weighted by Crippen LogP contribution is -2.51. The Morgan fingerprint density at radius 2 is 1.97 bits per heavy atom. The molecule has 1 saturated heterocycles. The first-order chi connectivity index (χ1) is 14.6. The van der Waals surface area contributed by atoms with Crippen LogP contribution in [-0.4, -0.2) is 36.2 Å². The van der Waals surface area contributed by atoms with E-state index in [2.05, 4.69) is 34.1 Å². The van der Waals surface area contributed by atoms with Crippen LogP contribution in [0.1, 0.15) is 40.7 Å². The first kappa shape index (κ1) is 19.0. The number of rotatable bonds is 6. The Kier molecular flexibility index (Phi) is 4.87. The number of hydrogen-bond donors (Lipinski definition) is 4. The van der Waals surface area contributed by atoms with Gasteiger partial charge in [-0.25, -0.2) is 0 Å². The molecule has 6 heteroatoms. The highest BCUT2D eigenvalue weighted by Gasteiger charge is 2.42. The van der Waals surface area contributed by atoms with Gasteiger partial charge in [-0.2, -0.15) is 0 Å². The number of piperidine rings is 1. The van der Waals surface area contributed by atoms with Gasteiger partial charge in [-0.15, -0.1) is 0 Å². The van der Waals surface area contributed by atoms with Crippen molar-refractivity contribution < 1.29 is 9.59 Å². The van der Waals surface area contributed by atoms with Crippen molar-refractivity contribution in [1.29, 1.82) is 5.41 Å². The van der Waals surface area contributed by atoms with Crippen molar-refractivity contribution in [2.24, 2.45) is 5.92 Å². The van der Waals surface area contributed by atoms with Crippen LogP contribution < -0.4 is 16.0 Å². The van der Waals surface area contributed by atoms with Gasteiger partial charge in [0.1, 0.15) is 0 Å². The molecule has 4 unspecified atom stereocenters. The first-order valence-electron chi connectivity index (χ1n) is 10.7. The van der Waals surface area contributed by atoms with Gasteiger partial charge in [0.2, 0.25) is 5.91 Å². The van der Waals surface area contributed by atoms with E-state index in [9.17, 15) is 9.59 Å². The molecule has 2 amide bonds. The van der Waals surface area contributed by atoms with Gasteiger partial charge >= 0.3 is 0 Å². The van der Waals surface area contributed by atoms with Crippen LogP contribution in [0.4, 0.5) is 0 Å². The number of fused-ring (bicyclic) bond motifs is 3. The molecule has 2 fully saturated rings. The second-order valence-electron chi connectivity index (χ2n) is 8.65. The van der Waals surface area contributed by atoms with Gasteiger partial charge in [-0.1, -0.05) is 30.3 Å². The van der Waals surface area contributed by atoms with Gasteiger partial charge in [0.15, 0.2) is 0 Å².